The van der Waals surface area contributed by atoms with Crippen LogP contribution in [-0.2, 0) is 21.4 Å². The fraction of sp³-hybridized carbons (Fsp3) is 0.350. The van der Waals surface area contributed by atoms with Gasteiger partial charge < -0.3 is 15.0 Å². The lowest BCUT2D eigenvalue weighted by Crippen LogP contribution is -2.30. The Morgan fingerprint density at radius 3 is 2.40 bits per heavy atom. The lowest BCUT2D eigenvalue weighted by molar-refractivity contribution is -0.121. The number of likely N-dealkylation sites (N-methyl/N-ethyl adjacent to an activating group) is 1. The van der Waals surface area contributed by atoms with E-state index in [4.69, 9.17) is 4.74 Å². The maximum Gasteiger partial charge on any atom is 0.240 e. The summed E-state index contributed by atoms with van der Waals surface area (Å²) in [5, 5.41) is 2.69. The van der Waals surface area contributed by atoms with E-state index in [9.17, 15) is 22.0 Å². The zero-order valence-electron chi connectivity index (χ0n) is 16.8. The molecule has 0 heterocycles. The van der Waals surface area contributed by atoms with Gasteiger partial charge in [-0.1, -0.05) is 12.1 Å². The summed E-state index contributed by atoms with van der Waals surface area (Å²) < 4.78 is 58.0. The van der Waals surface area contributed by atoms with Crippen molar-refractivity contribution in [2.24, 2.45) is 0 Å². The van der Waals surface area contributed by atoms with Crippen LogP contribution in [0, 0.1) is 11.6 Å². The van der Waals surface area contributed by atoms with Gasteiger partial charge in [-0.05, 0) is 50.0 Å². The molecule has 0 radical (unpaired) electrons. The number of carbonyl (C=O) groups is 1. The topological polar surface area (TPSA) is 87.7 Å². The van der Waals surface area contributed by atoms with Crippen molar-refractivity contribution in [3.05, 3.63) is 59.7 Å². The van der Waals surface area contributed by atoms with Gasteiger partial charge in [0.15, 0.2) is 11.6 Å². The van der Waals surface area contributed by atoms with Crippen molar-refractivity contribution in [1.29, 1.82) is 0 Å². The van der Waals surface area contributed by atoms with Gasteiger partial charge in [-0.3, -0.25) is 4.79 Å². The highest BCUT2D eigenvalue weighted by atomic mass is 32.2. The second-order valence-corrected chi connectivity index (χ2v) is 8.56. The Balaban J connectivity index is 1.73. The fourth-order valence-electron chi connectivity index (χ4n) is 2.36. The molecule has 0 aliphatic carbocycles. The third-order valence-electron chi connectivity index (χ3n) is 4.07. The molecular formula is C20H25F2N3O4S. The van der Waals surface area contributed by atoms with Gasteiger partial charge in [-0.25, -0.2) is 21.9 Å². The van der Waals surface area contributed by atoms with Gasteiger partial charge in [0.1, 0.15) is 12.4 Å². The van der Waals surface area contributed by atoms with E-state index in [1.165, 1.54) is 0 Å². The molecule has 0 unspecified atom stereocenters. The number of ether oxygens (including phenoxy) is 1. The molecule has 0 atom stereocenters. The average molecular weight is 442 g/mol. The smallest absolute Gasteiger partial charge is 0.240 e. The van der Waals surface area contributed by atoms with Crippen molar-refractivity contribution in [1.82, 2.24) is 14.9 Å². The van der Waals surface area contributed by atoms with Crippen LogP contribution in [0.1, 0.15) is 12.0 Å². The Kier molecular flexibility index (Phi) is 8.70. The summed E-state index contributed by atoms with van der Waals surface area (Å²) in [6.45, 7) is 1.49. The number of nitrogens with one attached hydrogen (secondary N) is 2. The number of carbonyl (C=O) groups excluding carboxylic acids is 1. The molecule has 1 amide bonds. The highest BCUT2D eigenvalue weighted by Gasteiger charge is 2.16. The Labute approximate surface area is 175 Å². The zero-order valence-corrected chi connectivity index (χ0v) is 17.6. The Bertz CT molecular complexity index is 951. The molecule has 0 saturated carbocycles. The minimum absolute atomic E-state index is 0.103. The quantitative estimate of drug-likeness (QED) is 0.556. The number of nitrogens with zero attached hydrogens (tertiary/aromatic N) is 1. The Morgan fingerprint density at radius 1 is 1.07 bits per heavy atom. The van der Waals surface area contributed by atoms with Crippen LogP contribution in [0.4, 0.5) is 8.78 Å². The van der Waals surface area contributed by atoms with Crippen molar-refractivity contribution in [2.45, 2.75) is 17.9 Å². The Hall–Kier alpha value is -2.56. The molecule has 0 aromatic heterocycles. The number of rotatable bonds is 11. The first-order valence-corrected chi connectivity index (χ1v) is 10.7. The van der Waals surface area contributed by atoms with E-state index in [1.54, 1.807) is 0 Å². The molecule has 0 fully saturated rings. The number of benzene rings is 2. The molecule has 7 nitrogen and oxygen atoms in total. The molecule has 2 rings (SSSR count). The summed E-state index contributed by atoms with van der Waals surface area (Å²) in [6.07, 6.45) is -0.103. The van der Waals surface area contributed by atoms with E-state index in [0.717, 1.165) is 30.0 Å². The minimum Gasteiger partial charge on any atom is -0.492 e. The lowest BCUT2D eigenvalue weighted by Gasteiger charge is -2.11. The van der Waals surface area contributed by atoms with Crippen LogP contribution in [0.2, 0.25) is 0 Å². The van der Waals surface area contributed by atoms with Crippen LogP contribution in [0.3, 0.4) is 0 Å². The van der Waals surface area contributed by atoms with Crippen molar-refractivity contribution in [3.8, 4) is 5.75 Å². The molecule has 0 saturated heterocycles. The summed E-state index contributed by atoms with van der Waals surface area (Å²) in [4.78, 5) is 13.5. The second-order valence-electron chi connectivity index (χ2n) is 6.80. The SMILES string of the molecule is CN(C)CCOc1ccc(CNC(=O)CCNS(=O)(=O)c2ccc(F)c(F)c2)cc1. The predicted molar refractivity (Wildman–Crippen MR) is 109 cm³/mol. The third-order valence-corrected chi connectivity index (χ3v) is 5.52. The molecule has 0 aliphatic rings. The lowest BCUT2D eigenvalue weighted by atomic mass is 10.2. The molecule has 2 aromatic rings. The van der Waals surface area contributed by atoms with Crippen molar-refractivity contribution in [2.75, 3.05) is 33.8 Å². The summed E-state index contributed by atoms with van der Waals surface area (Å²) in [6, 6.07) is 9.56. The number of halogens is 2. The van der Waals surface area contributed by atoms with Crippen molar-refractivity contribution >= 4 is 15.9 Å². The summed E-state index contributed by atoms with van der Waals surface area (Å²) in [5.74, 6) is -2.01. The summed E-state index contributed by atoms with van der Waals surface area (Å²) in [7, 11) is -0.112. The standard InChI is InChI=1S/C20H25F2N3O4S/c1-25(2)11-12-29-16-5-3-15(4-6-16)14-23-20(26)9-10-24-30(27,28)17-7-8-18(21)19(22)13-17/h3-8,13,24H,9-12,14H2,1-2H3,(H,23,26). The number of amides is 1. The average Bonchev–Trinajstić information content (AvgIpc) is 2.69. The van der Waals surface area contributed by atoms with Gasteiger partial charge in [0, 0.05) is 26.1 Å². The van der Waals surface area contributed by atoms with Gasteiger partial charge in [-0.2, -0.15) is 0 Å². The highest BCUT2D eigenvalue weighted by Crippen LogP contribution is 2.14. The molecule has 0 bridgehead atoms. The van der Waals surface area contributed by atoms with E-state index in [0.29, 0.717) is 12.7 Å². The summed E-state index contributed by atoms with van der Waals surface area (Å²) in [5.41, 5.74) is 0.866. The second kappa shape index (κ2) is 11.0. The summed E-state index contributed by atoms with van der Waals surface area (Å²) >= 11 is 0. The molecule has 2 aromatic carbocycles. The van der Waals surface area contributed by atoms with Crippen molar-refractivity contribution in [3.63, 3.8) is 0 Å². The minimum atomic E-state index is -4.03. The first-order valence-electron chi connectivity index (χ1n) is 9.25. The molecule has 0 aliphatic heterocycles. The van der Waals surface area contributed by atoms with Gasteiger partial charge in [-0.15, -0.1) is 0 Å². The molecule has 164 valence electrons. The van der Waals surface area contributed by atoms with Crippen LogP contribution < -0.4 is 14.8 Å². The van der Waals surface area contributed by atoms with E-state index in [1.807, 2.05) is 43.3 Å². The van der Waals surface area contributed by atoms with Gasteiger partial charge >= 0.3 is 0 Å². The maximum absolute atomic E-state index is 13.2. The number of hydrogen-bond acceptors (Lipinski definition) is 5. The van der Waals surface area contributed by atoms with Crippen LogP contribution in [0.25, 0.3) is 0 Å². The molecule has 30 heavy (non-hydrogen) atoms. The normalized spacial score (nSPS) is 11.5. The van der Waals surface area contributed by atoms with Crippen LogP contribution >= 0.6 is 0 Å². The maximum atomic E-state index is 13.2. The third kappa shape index (κ3) is 7.69. The Morgan fingerprint density at radius 2 is 1.77 bits per heavy atom. The van der Waals surface area contributed by atoms with Crippen LogP contribution in [-0.4, -0.2) is 53.0 Å². The largest absolute Gasteiger partial charge is 0.492 e. The fourth-order valence-corrected chi connectivity index (χ4v) is 3.41. The van der Waals surface area contributed by atoms with E-state index >= 15 is 0 Å². The van der Waals surface area contributed by atoms with Crippen LogP contribution in [0.15, 0.2) is 47.4 Å². The van der Waals surface area contributed by atoms with E-state index in [2.05, 4.69) is 10.0 Å². The zero-order chi connectivity index (χ0) is 22.1. The highest BCUT2D eigenvalue weighted by molar-refractivity contribution is 7.89. The monoisotopic (exact) mass is 441 g/mol. The molecule has 2 N–H and O–H groups in total. The van der Waals surface area contributed by atoms with Crippen LogP contribution in [0.5, 0.6) is 5.75 Å². The van der Waals surface area contributed by atoms with Gasteiger partial charge in [0.2, 0.25) is 15.9 Å². The molecule has 10 heteroatoms. The van der Waals surface area contributed by atoms with Gasteiger partial charge in [0.25, 0.3) is 0 Å². The van der Waals surface area contributed by atoms with Crippen molar-refractivity contribution < 1.29 is 26.7 Å². The van der Waals surface area contributed by atoms with Gasteiger partial charge in [0.05, 0.1) is 4.90 Å². The molecule has 0 spiro atoms. The predicted octanol–water partition coefficient (Wildman–Crippen LogP) is 1.89. The number of hydrogen-bond donors (Lipinski definition) is 2. The number of sulfonamides is 1. The molecular weight excluding hydrogens is 416 g/mol. The van der Waals surface area contributed by atoms with E-state index < -0.39 is 26.6 Å². The first-order chi connectivity index (χ1) is 14.2. The van der Waals surface area contributed by atoms with E-state index in [-0.39, 0.29) is 25.4 Å². The first kappa shape index (κ1) is 23.7.